The molecule has 2 fully saturated rings. The second kappa shape index (κ2) is 6.05. The lowest BCUT2D eigenvalue weighted by Gasteiger charge is -2.45. The molecule has 0 bridgehead atoms. The summed E-state index contributed by atoms with van der Waals surface area (Å²) in [6, 6.07) is 0.162. The molecule has 7 heteroatoms. The highest BCUT2D eigenvalue weighted by molar-refractivity contribution is 7.99. The van der Waals surface area contributed by atoms with Crippen LogP contribution in [0, 0.1) is 5.92 Å². The van der Waals surface area contributed by atoms with E-state index < -0.39 is 0 Å². The molecule has 1 spiro atoms. The summed E-state index contributed by atoms with van der Waals surface area (Å²) in [6.07, 6.45) is 6.33. The van der Waals surface area contributed by atoms with Gasteiger partial charge in [-0.3, -0.25) is 11.3 Å². The van der Waals surface area contributed by atoms with Crippen molar-refractivity contribution in [2.75, 3.05) is 18.1 Å². The van der Waals surface area contributed by atoms with Crippen LogP contribution in [0.3, 0.4) is 0 Å². The van der Waals surface area contributed by atoms with E-state index in [1.54, 1.807) is 0 Å². The van der Waals surface area contributed by atoms with Crippen molar-refractivity contribution in [3.8, 4) is 0 Å². The fraction of sp³-hybridized carbons (Fsp3) is 0.833. The summed E-state index contributed by atoms with van der Waals surface area (Å²) in [6.45, 7) is 0.847. The van der Waals surface area contributed by atoms with Crippen LogP contribution in [0.1, 0.15) is 36.6 Å². The molecule has 5 nitrogen and oxygen atoms in total. The third-order valence-corrected chi connectivity index (χ3v) is 6.00. The number of aromatic nitrogens is 2. The molecule has 1 aromatic rings. The molecule has 3 heterocycles. The van der Waals surface area contributed by atoms with Crippen LogP contribution in [-0.4, -0.2) is 33.3 Å². The first-order valence-electron chi connectivity index (χ1n) is 6.78. The van der Waals surface area contributed by atoms with Gasteiger partial charge < -0.3 is 4.74 Å². The highest BCUT2D eigenvalue weighted by Gasteiger charge is 2.41. The zero-order valence-corrected chi connectivity index (χ0v) is 12.5. The average molecular weight is 300 g/mol. The number of hydrogen-bond donors (Lipinski definition) is 2. The van der Waals surface area contributed by atoms with Crippen LogP contribution in [0.4, 0.5) is 0 Å². The predicted octanol–water partition coefficient (Wildman–Crippen LogP) is 1.73. The topological polar surface area (TPSA) is 73.1 Å². The molecule has 2 atom stereocenters. The minimum Gasteiger partial charge on any atom is -0.375 e. The number of nitrogens with zero attached hydrogens (tertiary/aromatic N) is 2. The SMILES string of the molecule is NNC(c1cnns1)C1CCOC2(CCSCC2)C1. The molecule has 0 radical (unpaired) electrons. The molecular formula is C12H20N4OS2. The van der Waals surface area contributed by atoms with Gasteiger partial charge in [0.15, 0.2) is 0 Å². The maximum atomic E-state index is 6.14. The summed E-state index contributed by atoms with van der Waals surface area (Å²) >= 11 is 3.47. The Labute approximate surface area is 121 Å². The van der Waals surface area contributed by atoms with Gasteiger partial charge in [0.2, 0.25) is 0 Å². The van der Waals surface area contributed by atoms with E-state index in [0.717, 1.165) is 24.3 Å². The molecule has 19 heavy (non-hydrogen) atoms. The third-order valence-electron chi connectivity index (χ3n) is 4.27. The van der Waals surface area contributed by atoms with Crippen molar-refractivity contribution in [2.24, 2.45) is 11.8 Å². The molecule has 2 unspecified atom stereocenters. The minimum atomic E-state index is 0.0986. The Morgan fingerprint density at radius 2 is 2.32 bits per heavy atom. The molecular weight excluding hydrogens is 280 g/mol. The van der Waals surface area contributed by atoms with E-state index in [9.17, 15) is 0 Å². The Balaban J connectivity index is 1.73. The number of rotatable bonds is 3. The molecule has 0 amide bonds. The quantitative estimate of drug-likeness (QED) is 0.654. The molecule has 0 aliphatic carbocycles. The Morgan fingerprint density at radius 3 is 3.00 bits per heavy atom. The summed E-state index contributed by atoms with van der Waals surface area (Å²) in [5, 5.41) is 3.93. The van der Waals surface area contributed by atoms with Crippen LogP contribution in [0.2, 0.25) is 0 Å². The average Bonchev–Trinajstić information content (AvgIpc) is 2.95. The summed E-state index contributed by atoms with van der Waals surface area (Å²) in [7, 11) is 0. The molecule has 2 aliphatic rings. The molecule has 0 saturated carbocycles. The lowest BCUT2D eigenvalue weighted by atomic mass is 9.78. The van der Waals surface area contributed by atoms with Crippen LogP contribution >= 0.6 is 23.3 Å². The molecule has 3 rings (SSSR count). The molecule has 0 aromatic carbocycles. The van der Waals surface area contributed by atoms with Crippen molar-refractivity contribution in [1.82, 2.24) is 15.0 Å². The highest BCUT2D eigenvalue weighted by Crippen LogP contribution is 2.43. The molecule has 1 aromatic heterocycles. The van der Waals surface area contributed by atoms with Crippen LogP contribution < -0.4 is 11.3 Å². The summed E-state index contributed by atoms with van der Waals surface area (Å²) in [5.41, 5.74) is 3.06. The minimum absolute atomic E-state index is 0.0986. The highest BCUT2D eigenvalue weighted by atomic mass is 32.2. The summed E-state index contributed by atoms with van der Waals surface area (Å²) in [4.78, 5) is 1.13. The van der Waals surface area contributed by atoms with Crippen molar-refractivity contribution in [3.63, 3.8) is 0 Å². The molecule has 2 saturated heterocycles. The third kappa shape index (κ3) is 2.95. The van der Waals surface area contributed by atoms with Crippen LogP contribution in [0.5, 0.6) is 0 Å². The fourth-order valence-corrected chi connectivity index (χ4v) is 5.10. The van der Waals surface area contributed by atoms with E-state index in [0.29, 0.717) is 5.92 Å². The number of thioether (sulfide) groups is 1. The Bertz CT molecular complexity index is 389. The smallest absolute Gasteiger partial charge is 0.0701 e. The monoisotopic (exact) mass is 300 g/mol. The van der Waals surface area contributed by atoms with Gasteiger partial charge in [0.1, 0.15) is 0 Å². The predicted molar refractivity (Wildman–Crippen MR) is 77.9 cm³/mol. The fourth-order valence-electron chi connectivity index (χ4n) is 3.20. The van der Waals surface area contributed by atoms with Gasteiger partial charge in [0.05, 0.1) is 22.7 Å². The second-order valence-electron chi connectivity index (χ2n) is 5.36. The van der Waals surface area contributed by atoms with Crippen molar-refractivity contribution < 1.29 is 4.74 Å². The molecule has 2 aliphatic heterocycles. The first kappa shape index (κ1) is 13.8. The van der Waals surface area contributed by atoms with Crippen molar-refractivity contribution in [1.29, 1.82) is 0 Å². The standard InChI is InChI=1S/C12H20N4OS2/c13-15-11(10-8-14-16-19-10)9-1-4-17-12(7-9)2-5-18-6-3-12/h8-9,11,15H,1-7,13H2. The zero-order valence-electron chi connectivity index (χ0n) is 10.9. The number of ether oxygens (including phenoxy) is 1. The van der Waals surface area contributed by atoms with Gasteiger partial charge in [-0.2, -0.15) is 11.8 Å². The van der Waals surface area contributed by atoms with E-state index in [1.807, 2.05) is 18.0 Å². The van der Waals surface area contributed by atoms with E-state index in [1.165, 1.54) is 35.9 Å². The number of hydrogen-bond acceptors (Lipinski definition) is 7. The molecule has 3 N–H and O–H groups in total. The summed E-state index contributed by atoms with van der Waals surface area (Å²) in [5.74, 6) is 8.72. The lowest BCUT2D eigenvalue weighted by Crippen LogP contribution is -2.46. The van der Waals surface area contributed by atoms with Crippen molar-refractivity contribution in [3.05, 3.63) is 11.1 Å². The van der Waals surface area contributed by atoms with Gasteiger partial charge in [-0.1, -0.05) is 4.49 Å². The van der Waals surface area contributed by atoms with Crippen LogP contribution in [0.15, 0.2) is 6.20 Å². The van der Waals surface area contributed by atoms with E-state index in [4.69, 9.17) is 10.6 Å². The first-order chi connectivity index (χ1) is 9.33. The van der Waals surface area contributed by atoms with Crippen LogP contribution in [0.25, 0.3) is 0 Å². The number of nitrogens with one attached hydrogen (secondary N) is 1. The first-order valence-corrected chi connectivity index (χ1v) is 8.71. The largest absolute Gasteiger partial charge is 0.375 e. The van der Waals surface area contributed by atoms with Gasteiger partial charge in [-0.05, 0) is 54.6 Å². The number of hydrazine groups is 1. The van der Waals surface area contributed by atoms with Gasteiger partial charge in [0.25, 0.3) is 0 Å². The maximum Gasteiger partial charge on any atom is 0.0701 e. The van der Waals surface area contributed by atoms with Gasteiger partial charge in [-0.25, -0.2) is 0 Å². The van der Waals surface area contributed by atoms with Gasteiger partial charge >= 0.3 is 0 Å². The molecule has 106 valence electrons. The maximum absolute atomic E-state index is 6.14. The zero-order chi connectivity index (χ0) is 13.1. The van der Waals surface area contributed by atoms with E-state index >= 15 is 0 Å². The van der Waals surface area contributed by atoms with Gasteiger partial charge in [-0.15, -0.1) is 5.10 Å². The Morgan fingerprint density at radius 1 is 1.47 bits per heavy atom. The Kier molecular flexibility index (Phi) is 4.38. The second-order valence-corrected chi connectivity index (χ2v) is 7.40. The van der Waals surface area contributed by atoms with E-state index in [-0.39, 0.29) is 11.6 Å². The lowest BCUT2D eigenvalue weighted by molar-refractivity contribution is -0.107. The summed E-state index contributed by atoms with van der Waals surface area (Å²) < 4.78 is 10.1. The van der Waals surface area contributed by atoms with Crippen molar-refractivity contribution >= 4 is 23.3 Å². The Hall–Kier alpha value is -0.210. The normalized spacial score (nSPS) is 28.4. The number of nitrogens with two attached hydrogens (primary N) is 1. The van der Waals surface area contributed by atoms with E-state index in [2.05, 4.69) is 15.0 Å². The van der Waals surface area contributed by atoms with Crippen molar-refractivity contribution in [2.45, 2.75) is 37.3 Å². The van der Waals surface area contributed by atoms with Gasteiger partial charge in [0, 0.05) is 6.61 Å². The van der Waals surface area contributed by atoms with Crippen LogP contribution in [-0.2, 0) is 4.74 Å².